The molecule has 0 unspecified atom stereocenters. The van der Waals surface area contributed by atoms with Gasteiger partial charge in [0.2, 0.25) is 0 Å². The maximum absolute atomic E-state index is 6.75. The number of rotatable bonds is 2. The molecule has 2 heterocycles. The Hall–Kier alpha value is -0.277. The molecule has 31 heavy (non-hydrogen) atoms. The van der Waals surface area contributed by atoms with Gasteiger partial charge in [-0.2, -0.15) is 47.0 Å². The number of hydrogen-bond donors (Lipinski definition) is 0. The van der Waals surface area contributed by atoms with Gasteiger partial charge in [-0.15, -0.1) is 28.8 Å². The first-order chi connectivity index (χ1) is 14.1. The molecule has 0 aliphatic carbocycles. The molecule has 0 amide bonds. The van der Waals surface area contributed by atoms with Crippen LogP contribution in [0.25, 0.3) is 10.6 Å². The molecule has 2 aromatic heterocycles. The molecule has 0 radical (unpaired) electrons. The van der Waals surface area contributed by atoms with E-state index in [1.807, 2.05) is 24.3 Å². The molecule has 4 rings (SSSR count). The van der Waals surface area contributed by atoms with E-state index < -0.39 is 7.53 Å². The Kier molecular flexibility index (Phi) is 9.37. The molecule has 2 aromatic carbocycles. The van der Waals surface area contributed by atoms with Gasteiger partial charge < -0.3 is 0 Å². The van der Waals surface area contributed by atoms with E-state index in [0.717, 1.165) is 10.0 Å². The van der Waals surface area contributed by atoms with Gasteiger partial charge in [-0.1, -0.05) is 51.6 Å². The average molecular weight is 567 g/mol. The van der Waals surface area contributed by atoms with Gasteiger partial charge in [-0.25, -0.2) is 6.07 Å². The largest absolute Gasteiger partial charge is 2.00 e. The zero-order valence-electron chi connectivity index (χ0n) is 19.6. The molecule has 0 saturated carbocycles. The fraction of sp³-hybridized carbons (Fsp3) is 0.308. The van der Waals surface area contributed by atoms with Crippen molar-refractivity contribution in [2.75, 3.05) is 0 Å². The summed E-state index contributed by atoms with van der Waals surface area (Å²) in [5.74, 6) is 0. The van der Waals surface area contributed by atoms with E-state index >= 15 is 0 Å². The second-order valence-corrected chi connectivity index (χ2v) is 13.8. The Morgan fingerprint density at radius 1 is 0.839 bits per heavy atom. The maximum atomic E-state index is 6.75. The standard InChI is InChI=1S/C21H26ClP2.C5H4Cl.Zr/c1-11-12(2)16(6)23(15(11)5)20-10-9-19(22)21(20)24-17(7)13(3)14(4)18(24)8;6-5-3-1-2-4-5;/h9-10H,1-8H3;1-4H;/q2*-1;+2. The topological polar surface area (TPSA) is 0 Å². The zero-order chi connectivity index (χ0) is 22.3. The van der Waals surface area contributed by atoms with Gasteiger partial charge in [0.25, 0.3) is 0 Å². The summed E-state index contributed by atoms with van der Waals surface area (Å²) in [4.78, 5) is 0. The van der Waals surface area contributed by atoms with E-state index in [1.54, 1.807) is 10.6 Å². The van der Waals surface area contributed by atoms with Crippen LogP contribution in [0.3, 0.4) is 0 Å². The van der Waals surface area contributed by atoms with Gasteiger partial charge >= 0.3 is 26.2 Å². The van der Waals surface area contributed by atoms with E-state index in [1.165, 1.54) is 43.5 Å². The third-order valence-corrected chi connectivity index (χ3v) is 13.3. The monoisotopic (exact) mass is 564 g/mol. The Morgan fingerprint density at radius 2 is 1.42 bits per heavy atom. The van der Waals surface area contributed by atoms with Crippen LogP contribution < -0.4 is 0 Å². The van der Waals surface area contributed by atoms with Crippen molar-refractivity contribution in [3.63, 3.8) is 0 Å². The van der Waals surface area contributed by atoms with Crippen molar-refractivity contribution >= 4 is 38.3 Å². The van der Waals surface area contributed by atoms with Crippen LogP contribution in [0.4, 0.5) is 0 Å². The Balaban J connectivity index is 0.000000422. The molecule has 0 fully saturated rings. The van der Waals surface area contributed by atoms with Gasteiger partial charge in [0.15, 0.2) is 0 Å². The summed E-state index contributed by atoms with van der Waals surface area (Å²) >= 11 is 12.2. The van der Waals surface area contributed by atoms with Gasteiger partial charge in [-0.05, 0) is 32.0 Å². The molecule has 0 spiro atoms. The Bertz CT molecular complexity index is 1140. The van der Waals surface area contributed by atoms with Crippen molar-refractivity contribution in [3.8, 4) is 10.6 Å². The van der Waals surface area contributed by atoms with Crippen LogP contribution in [0.1, 0.15) is 43.4 Å². The van der Waals surface area contributed by atoms with Crippen LogP contribution in [-0.4, -0.2) is 0 Å². The van der Waals surface area contributed by atoms with Crippen LogP contribution in [0.2, 0.25) is 10.0 Å². The fourth-order valence-corrected chi connectivity index (χ4v) is 10.9. The number of hydrogen-bond acceptors (Lipinski definition) is 0. The van der Waals surface area contributed by atoms with Gasteiger partial charge in [0.1, 0.15) is 0 Å². The molecule has 0 bridgehead atoms. The summed E-state index contributed by atoms with van der Waals surface area (Å²) in [5, 5.41) is 10.8. The van der Waals surface area contributed by atoms with Crippen LogP contribution in [0.5, 0.6) is 0 Å². The van der Waals surface area contributed by atoms with Crippen molar-refractivity contribution in [1.29, 1.82) is 0 Å². The summed E-state index contributed by atoms with van der Waals surface area (Å²) in [6.45, 7) is 18.3. The summed E-state index contributed by atoms with van der Waals surface area (Å²) in [6, 6.07) is 11.9. The third-order valence-electron chi connectivity index (χ3n) is 6.58. The molecule has 0 saturated heterocycles. The van der Waals surface area contributed by atoms with E-state index in [9.17, 15) is 0 Å². The van der Waals surface area contributed by atoms with Crippen molar-refractivity contribution in [2.45, 2.75) is 55.4 Å². The molecule has 4 aromatic rings. The molecule has 5 heteroatoms. The first kappa shape index (κ1) is 27.0. The van der Waals surface area contributed by atoms with Crippen molar-refractivity contribution in [3.05, 3.63) is 89.9 Å². The summed E-state index contributed by atoms with van der Waals surface area (Å²) in [5.41, 5.74) is 5.89. The van der Waals surface area contributed by atoms with E-state index in [2.05, 4.69) is 67.5 Å². The molecular weight excluding hydrogens is 536 g/mol. The molecule has 0 N–H and O–H groups in total. The molecule has 162 valence electrons. The van der Waals surface area contributed by atoms with Crippen LogP contribution >= 0.6 is 38.3 Å². The molecule has 0 aliphatic heterocycles. The molecule has 0 aliphatic rings. The van der Waals surface area contributed by atoms with E-state index in [-0.39, 0.29) is 33.7 Å². The third kappa shape index (κ3) is 4.98. The van der Waals surface area contributed by atoms with Crippen LogP contribution in [-0.2, 0) is 26.2 Å². The average Bonchev–Trinajstić information content (AvgIpc) is 3.42. The van der Waals surface area contributed by atoms with Crippen LogP contribution in [0, 0.1) is 55.4 Å². The summed E-state index contributed by atoms with van der Waals surface area (Å²) in [6.07, 6.45) is 0. The van der Waals surface area contributed by atoms with Crippen molar-refractivity contribution in [2.24, 2.45) is 0 Å². The van der Waals surface area contributed by atoms with Crippen molar-refractivity contribution in [1.82, 2.24) is 0 Å². The van der Waals surface area contributed by atoms with Crippen LogP contribution in [0.15, 0.2) is 36.4 Å². The molecule has 0 atom stereocenters. The summed E-state index contributed by atoms with van der Waals surface area (Å²) < 4.78 is 0. The first-order valence-electron chi connectivity index (χ1n) is 10.2. The fourth-order valence-electron chi connectivity index (χ4n) is 4.14. The van der Waals surface area contributed by atoms with Gasteiger partial charge in [-0.3, -0.25) is 0 Å². The predicted molar refractivity (Wildman–Crippen MR) is 140 cm³/mol. The molecular formula is C26H30Cl2P2Zr. The predicted octanol–water partition coefficient (Wildman–Crippen LogP) is 10.5. The first-order valence-corrected chi connectivity index (χ1v) is 13.6. The minimum Gasteiger partial charge on any atom is -0.212 e. The second kappa shape index (κ2) is 10.8. The van der Waals surface area contributed by atoms with Gasteiger partial charge in [0, 0.05) is 18.1 Å². The normalized spacial score (nSPS) is 11.8. The second-order valence-electron chi connectivity index (χ2n) is 8.03. The Morgan fingerprint density at radius 3 is 1.81 bits per heavy atom. The van der Waals surface area contributed by atoms with E-state index in [4.69, 9.17) is 23.2 Å². The number of halogens is 2. The Labute approximate surface area is 219 Å². The maximum Gasteiger partial charge on any atom is 2.00 e. The minimum atomic E-state index is -0.430. The van der Waals surface area contributed by atoms with Gasteiger partial charge in [0.05, 0.1) is 10.6 Å². The quantitative estimate of drug-likeness (QED) is 0.212. The minimum absolute atomic E-state index is 0. The van der Waals surface area contributed by atoms with E-state index in [0.29, 0.717) is 0 Å². The smallest absolute Gasteiger partial charge is 0.212 e. The summed E-state index contributed by atoms with van der Waals surface area (Å²) in [7, 11) is -0.809. The molecule has 0 nitrogen and oxygen atoms in total. The van der Waals surface area contributed by atoms with Crippen molar-refractivity contribution < 1.29 is 26.2 Å². The SMILES string of the molecule is Cc1c(C)[c-](C)[p+](-c2c(Cl)cc[c-]2-[p+]2c(C)c(C)c(C)[c-]2C)c1C.Clc1ccc[cH-]1.[Zr+2]. The zero-order valence-corrected chi connectivity index (χ0v) is 25.4.